The number of carbonyl (C=O) groups excluding carboxylic acids is 1. The van der Waals surface area contributed by atoms with E-state index in [1.54, 1.807) is 16.7 Å². The van der Waals surface area contributed by atoms with E-state index in [9.17, 15) is 9.90 Å². The van der Waals surface area contributed by atoms with Crippen molar-refractivity contribution in [2.24, 2.45) is 0 Å². The van der Waals surface area contributed by atoms with Crippen LogP contribution in [0.5, 0.6) is 0 Å². The second-order valence-electron chi connectivity index (χ2n) is 4.52. The third-order valence-electron chi connectivity index (χ3n) is 2.97. The molecule has 0 aliphatic carbocycles. The highest BCUT2D eigenvalue weighted by Crippen LogP contribution is 2.28. The molecule has 1 aromatic carbocycles. The first-order valence-corrected chi connectivity index (χ1v) is 6.44. The molecule has 2 rings (SSSR count). The molecule has 1 aliphatic heterocycles. The van der Waals surface area contributed by atoms with E-state index in [-0.39, 0.29) is 6.03 Å². The normalized spacial score (nSPS) is 22.6. The van der Waals surface area contributed by atoms with Crippen LogP contribution in [0.2, 0.25) is 0 Å². The SMILES string of the molecule is CC1(C)C(O)NC(=O)N1CSc1ccccc1. The Hall–Kier alpha value is -1.20. The summed E-state index contributed by atoms with van der Waals surface area (Å²) in [6.45, 7) is 3.70. The van der Waals surface area contributed by atoms with E-state index >= 15 is 0 Å². The molecule has 0 saturated carbocycles. The number of thioether (sulfide) groups is 1. The van der Waals surface area contributed by atoms with Gasteiger partial charge in [-0.1, -0.05) is 18.2 Å². The summed E-state index contributed by atoms with van der Waals surface area (Å²) in [6, 6.07) is 9.68. The van der Waals surface area contributed by atoms with Crippen molar-refractivity contribution in [2.45, 2.75) is 30.5 Å². The number of nitrogens with zero attached hydrogens (tertiary/aromatic N) is 1. The number of carbonyl (C=O) groups is 1. The standard InChI is InChI=1S/C12H16N2O2S/c1-12(2)10(15)13-11(16)14(12)8-17-9-6-4-3-5-7-9/h3-7,10,15H,8H2,1-2H3,(H,13,16). The van der Waals surface area contributed by atoms with E-state index in [1.807, 2.05) is 44.2 Å². The first kappa shape index (κ1) is 12.3. The molecule has 92 valence electrons. The van der Waals surface area contributed by atoms with Crippen LogP contribution in [0.15, 0.2) is 35.2 Å². The molecule has 5 heteroatoms. The van der Waals surface area contributed by atoms with Crippen molar-refractivity contribution in [1.82, 2.24) is 10.2 Å². The van der Waals surface area contributed by atoms with Crippen molar-refractivity contribution in [3.8, 4) is 0 Å². The maximum atomic E-state index is 11.7. The molecule has 0 aromatic heterocycles. The number of urea groups is 1. The molecule has 0 spiro atoms. The van der Waals surface area contributed by atoms with Gasteiger partial charge in [0.1, 0.15) is 0 Å². The number of rotatable bonds is 3. The Labute approximate surface area is 105 Å². The topological polar surface area (TPSA) is 52.6 Å². The van der Waals surface area contributed by atoms with E-state index in [2.05, 4.69) is 5.32 Å². The predicted molar refractivity (Wildman–Crippen MR) is 67.6 cm³/mol. The fourth-order valence-corrected chi connectivity index (χ4v) is 2.74. The van der Waals surface area contributed by atoms with Crippen molar-refractivity contribution in [3.63, 3.8) is 0 Å². The number of aliphatic hydroxyl groups is 1. The Morgan fingerprint density at radius 2 is 2.06 bits per heavy atom. The van der Waals surface area contributed by atoms with Crippen LogP contribution in [0, 0.1) is 0 Å². The number of benzene rings is 1. The molecule has 1 saturated heterocycles. The van der Waals surface area contributed by atoms with Crippen LogP contribution < -0.4 is 5.32 Å². The van der Waals surface area contributed by atoms with Gasteiger partial charge < -0.3 is 15.3 Å². The van der Waals surface area contributed by atoms with E-state index in [4.69, 9.17) is 0 Å². The third-order valence-corrected chi connectivity index (χ3v) is 3.97. The van der Waals surface area contributed by atoms with Gasteiger partial charge in [-0.15, -0.1) is 11.8 Å². The monoisotopic (exact) mass is 252 g/mol. The van der Waals surface area contributed by atoms with Crippen molar-refractivity contribution in [3.05, 3.63) is 30.3 Å². The molecular formula is C12H16N2O2S. The molecule has 1 aliphatic rings. The Kier molecular flexibility index (Phi) is 3.31. The summed E-state index contributed by atoms with van der Waals surface area (Å²) < 4.78 is 0. The number of aliphatic hydroxyl groups excluding tert-OH is 1. The molecule has 2 amide bonds. The molecule has 0 radical (unpaired) electrons. The maximum absolute atomic E-state index is 11.7. The zero-order valence-electron chi connectivity index (χ0n) is 9.88. The van der Waals surface area contributed by atoms with Crippen LogP contribution in [0.4, 0.5) is 4.79 Å². The molecule has 2 N–H and O–H groups in total. The van der Waals surface area contributed by atoms with Gasteiger partial charge in [0, 0.05) is 4.90 Å². The Bertz CT molecular complexity index is 408. The molecule has 17 heavy (non-hydrogen) atoms. The van der Waals surface area contributed by atoms with Crippen molar-refractivity contribution in [2.75, 3.05) is 5.88 Å². The van der Waals surface area contributed by atoms with Crippen molar-refractivity contribution in [1.29, 1.82) is 0 Å². The van der Waals surface area contributed by atoms with E-state index in [0.29, 0.717) is 5.88 Å². The molecule has 1 unspecified atom stereocenters. The minimum atomic E-state index is -0.814. The summed E-state index contributed by atoms with van der Waals surface area (Å²) in [4.78, 5) is 14.4. The van der Waals surface area contributed by atoms with Crippen LogP contribution in [0.25, 0.3) is 0 Å². The van der Waals surface area contributed by atoms with Gasteiger partial charge in [0.15, 0.2) is 6.23 Å². The molecule has 1 fully saturated rings. The quantitative estimate of drug-likeness (QED) is 0.807. The maximum Gasteiger partial charge on any atom is 0.320 e. The molecule has 4 nitrogen and oxygen atoms in total. The lowest BCUT2D eigenvalue weighted by Gasteiger charge is -2.31. The van der Waals surface area contributed by atoms with Crippen molar-refractivity contribution < 1.29 is 9.90 Å². The van der Waals surface area contributed by atoms with Gasteiger partial charge in [-0.25, -0.2) is 4.79 Å². The zero-order chi connectivity index (χ0) is 12.5. The smallest absolute Gasteiger partial charge is 0.320 e. The first-order chi connectivity index (χ1) is 8.01. The van der Waals surface area contributed by atoms with E-state index < -0.39 is 11.8 Å². The van der Waals surface area contributed by atoms with Gasteiger partial charge in [0.05, 0.1) is 11.4 Å². The average molecular weight is 252 g/mol. The van der Waals surface area contributed by atoms with Crippen LogP contribution in [0.1, 0.15) is 13.8 Å². The second kappa shape index (κ2) is 4.58. The fraction of sp³-hybridized carbons (Fsp3) is 0.417. The number of hydrogen-bond acceptors (Lipinski definition) is 3. The predicted octanol–water partition coefficient (Wildman–Crippen LogP) is 1.86. The third kappa shape index (κ3) is 2.40. The minimum Gasteiger partial charge on any atom is -0.371 e. The number of nitrogens with one attached hydrogen (secondary N) is 1. The summed E-state index contributed by atoms with van der Waals surface area (Å²) in [5.74, 6) is 0.528. The summed E-state index contributed by atoms with van der Waals surface area (Å²) in [5, 5.41) is 12.2. The van der Waals surface area contributed by atoms with Crippen molar-refractivity contribution >= 4 is 17.8 Å². The highest BCUT2D eigenvalue weighted by Gasteiger charge is 2.44. The number of amides is 2. The molecule has 1 heterocycles. The van der Waals surface area contributed by atoms with Gasteiger partial charge in [-0.2, -0.15) is 0 Å². The van der Waals surface area contributed by atoms with Gasteiger partial charge >= 0.3 is 6.03 Å². The lowest BCUT2D eigenvalue weighted by molar-refractivity contribution is 0.0586. The van der Waals surface area contributed by atoms with Gasteiger partial charge in [-0.05, 0) is 26.0 Å². The summed E-state index contributed by atoms with van der Waals surface area (Å²) in [5.41, 5.74) is -0.571. The minimum absolute atomic E-state index is 0.217. The van der Waals surface area contributed by atoms with E-state index in [1.165, 1.54) is 0 Å². The highest BCUT2D eigenvalue weighted by atomic mass is 32.2. The van der Waals surface area contributed by atoms with Crippen LogP contribution >= 0.6 is 11.8 Å². The largest absolute Gasteiger partial charge is 0.371 e. The summed E-state index contributed by atoms with van der Waals surface area (Å²) >= 11 is 1.58. The fourth-order valence-electron chi connectivity index (χ4n) is 1.66. The van der Waals surface area contributed by atoms with Gasteiger partial charge in [0.2, 0.25) is 0 Å². The zero-order valence-corrected chi connectivity index (χ0v) is 10.7. The summed E-state index contributed by atoms with van der Waals surface area (Å²) in [6.07, 6.45) is -0.814. The number of hydrogen-bond donors (Lipinski definition) is 2. The molecule has 1 atom stereocenters. The lowest BCUT2D eigenvalue weighted by Crippen LogP contribution is -2.46. The molecule has 1 aromatic rings. The van der Waals surface area contributed by atoms with E-state index in [0.717, 1.165) is 4.90 Å². The second-order valence-corrected chi connectivity index (χ2v) is 5.54. The molecular weight excluding hydrogens is 236 g/mol. The Morgan fingerprint density at radius 1 is 1.41 bits per heavy atom. The van der Waals surface area contributed by atoms with Crippen LogP contribution in [-0.2, 0) is 0 Å². The highest BCUT2D eigenvalue weighted by molar-refractivity contribution is 7.99. The summed E-state index contributed by atoms with van der Waals surface area (Å²) in [7, 11) is 0. The van der Waals surface area contributed by atoms with Gasteiger partial charge in [-0.3, -0.25) is 0 Å². The lowest BCUT2D eigenvalue weighted by atomic mass is 10.0. The van der Waals surface area contributed by atoms with Crippen LogP contribution in [-0.4, -0.2) is 33.7 Å². The first-order valence-electron chi connectivity index (χ1n) is 5.46. The van der Waals surface area contributed by atoms with Gasteiger partial charge in [0.25, 0.3) is 0 Å². The van der Waals surface area contributed by atoms with Crippen LogP contribution in [0.3, 0.4) is 0 Å². The Morgan fingerprint density at radius 3 is 2.59 bits per heavy atom. The molecule has 0 bridgehead atoms. The Balaban J connectivity index is 2.02. The average Bonchev–Trinajstić information content (AvgIpc) is 2.48.